The number of fused-ring (bicyclic) bond motifs is 2. The molecule has 2 amide bonds. The van der Waals surface area contributed by atoms with E-state index in [2.05, 4.69) is 34.7 Å². The van der Waals surface area contributed by atoms with E-state index in [4.69, 9.17) is 9.47 Å². The average molecular weight is 446 g/mol. The minimum atomic E-state index is -0.361. The molecule has 0 atom stereocenters. The van der Waals surface area contributed by atoms with E-state index >= 15 is 0 Å². The van der Waals surface area contributed by atoms with Gasteiger partial charge >= 0.3 is 0 Å². The number of benzene rings is 3. The summed E-state index contributed by atoms with van der Waals surface area (Å²) in [4.78, 5) is 29.2. The summed E-state index contributed by atoms with van der Waals surface area (Å²) < 4.78 is 11.7. The van der Waals surface area contributed by atoms with E-state index in [0.717, 1.165) is 20.8 Å². The number of ether oxygens (including phenoxy) is 2. The minimum absolute atomic E-state index is 0.139. The number of hydrogen-bond acceptors (Lipinski definition) is 6. The zero-order valence-corrected chi connectivity index (χ0v) is 18.0. The van der Waals surface area contributed by atoms with Crippen LogP contribution in [0.4, 0.5) is 5.69 Å². The normalized spacial score (nSPS) is 12.0. The Morgan fingerprint density at radius 1 is 1.00 bits per heavy atom. The Morgan fingerprint density at radius 2 is 1.81 bits per heavy atom. The van der Waals surface area contributed by atoms with Crippen molar-refractivity contribution in [1.82, 2.24) is 10.3 Å². The Hall–Kier alpha value is -3.91. The molecule has 7 nitrogen and oxygen atoms in total. The van der Waals surface area contributed by atoms with Crippen LogP contribution in [0.25, 0.3) is 20.8 Å². The van der Waals surface area contributed by atoms with Crippen LogP contribution in [0.5, 0.6) is 11.5 Å². The van der Waals surface area contributed by atoms with Gasteiger partial charge in [-0.15, -0.1) is 11.3 Å². The van der Waals surface area contributed by atoms with Gasteiger partial charge in [0.25, 0.3) is 5.91 Å². The van der Waals surface area contributed by atoms with E-state index in [1.807, 2.05) is 30.3 Å². The number of hydrogen-bond donors (Lipinski definition) is 2. The first-order valence-electron chi connectivity index (χ1n) is 10.0. The first kappa shape index (κ1) is 20.0. The summed E-state index contributed by atoms with van der Waals surface area (Å²) in [6, 6.07) is 18.6. The van der Waals surface area contributed by atoms with E-state index in [1.165, 1.54) is 5.56 Å². The van der Waals surface area contributed by atoms with Crippen molar-refractivity contribution < 1.29 is 19.1 Å². The quantitative estimate of drug-likeness (QED) is 0.476. The summed E-state index contributed by atoms with van der Waals surface area (Å²) in [5, 5.41) is 6.33. The number of amides is 2. The molecule has 0 aliphatic carbocycles. The van der Waals surface area contributed by atoms with E-state index in [9.17, 15) is 9.59 Å². The van der Waals surface area contributed by atoms with Crippen LogP contribution in [0.3, 0.4) is 0 Å². The fourth-order valence-electron chi connectivity index (χ4n) is 3.36. The number of anilines is 1. The molecule has 0 bridgehead atoms. The van der Waals surface area contributed by atoms with Crippen LogP contribution in [0.2, 0.25) is 0 Å². The molecule has 8 heteroatoms. The highest BCUT2D eigenvalue weighted by Gasteiger charge is 2.16. The van der Waals surface area contributed by atoms with Gasteiger partial charge in [-0.1, -0.05) is 6.07 Å². The number of aromatic nitrogens is 1. The molecule has 0 saturated heterocycles. The van der Waals surface area contributed by atoms with Gasteiger partial charge in [0.15, 0.2) is 11.5 Å². The van der Waals surface area contributed by atoms with Crippen LogP contribution in [0, 0.1) is 6.92 Å². The highest BCUT2D eigenvalue weighted by Crippen LogP contribution is 2.33. The van der Waals surface area contributed by atoms with E-state index in [0.29, 0.717) is 22.7 Å². The van der Waals surface area contributed by atoms with Crippen molar-refractivity contribution >= 4 is 39.1 Å². The molecule has 3 aromatic carbocycles. The van der Waals surface area contributed by atoms with Crippen LogP contribution in [-0.2, 0) is 4.79 Å². The topological polar surface area (TPSA) is 89.6 Å². The van der Waals surface area contributed by atoms with Crippen molar-refractivity contribution in [2.24, 2.45) is 0 Å². The van der Waals surface area contributed by atoms with Gasteiger partial charge in [0.05, 0.1) is 16.8 Å². The van der Waals surface area contributed by atoms with Crippen molar-refractivity contribution in [1.29, 1.82) is 0 Å². The molecule has 0 fully saturated rings. The van der Waals surface area contributed by atoms with Gasteiger partial charge in [0, 0.05) is 16.8 Å². The summed E-state index contributed by atoms with van der Waals surface area (Å²) in [6.07, 6.45) is 0. The maximum atomic E-state index is 12.3. The van der Waals surface area contributed by atoms with E-state index in [-0.39, 0.29) is 25.2 Å². The first-order chi connectivity index (χ1) is 15.5. The highest BCUT2D eigenvalue weighted by molar-refractivity contribution is 7.21. The number of carbonyl (C=O) groups is 2. The third-order valence-corrected chi connectivity index (χ3v) is 6.07. The molecule has 0 unspecified atom stereocenters. The zero-order valence-electron chi connectivity index (χ0n) is 17.2. The zero-order chi connectivity index (χ0) is 22.1. The predicted molar refractivity (Wildman–Crippen MR) is 123 cm³/mol. The number of carbonyl (C=O) groups excluding carboxylic acids is 2. The number of thiazole rings is 1. The van der Waals surface area contributed by atoms with Crippen LogP contribution in [-0.4, -0.2) is 30.1 Å². The molecular formula is C24H19N3O4S. The summed E-state index contributed by atoms with van der Waals surface area (Å²) in [5.41, 5.74) is 4.21. The second-order valence-corrected chi connectivity index (χ2v) is 8.40. The van der Waals surface area contributed by atoms with Crippen molar-refractivity contribution in [2.75, 3.05) is 18.7 Å². The van der Waals surface area contributed by atoms with Gasteiger partial charge in [0.2, 0.25) is 12.7 Å². The van der Waals surface area contributed by atoms with Gasteiger partial charge in [-0.05, 0) is 67.1 Å². The van der Waals surface area contributed by atoms with Crippen molar-refractivity contribution in [2.45, 2.75) is 6.92 Å². The average Bonchev–Trinajstić information content (AvgIpc) is 3.44. The lowest BCUT2D eigenvalue weighted by Crippen LogP contribution is -2.32. The molecule has 1 aliphatic rings. The SMILES string of the molecule is Cc1ccc2nc(-c3ccc(NC(=O)CNC(=O)c4ccc5c(c4)OCO5)cc3)sc2c1. The number of nitrogens with zero attached hydrogens (tertiary/aromatic N) is 1. The second-order valence-electron chi connectivity index (χ2n) is 7.37. The lowest BCUT2D eigenvalue weighted by molar-refractivity contribution is -0.115. The summed E-state index contributed by atoms with van der Waals surface area (Å²) >= 11 is 1.64. The Balaban J connectivity index is 1.18. The van der Waals surface area contributed by atoms with Crippen molar-refractivity contribution in [3.63, 3.8) is 0 Å². The third kappa shape index (κ3) is 4.13. The maximum Gasteiger partial charge on any atom is 0.251 e. The monoisotopic (exact) mass is 445 g/mol. The lowest BCUT2D eigenvalue weighted by Gasteiger charge is -2.08. The Kier molecular flexibility index (Phi) is 5.20. The Labute approximate surface area is 188 Å². The van der Waals surface area contributed by atoms with Gasteiger partial charge in [-0.3, -0.25) is 9.59 Å². The van der Waals surface area contributed by atoms with Crippen LogP contribution < -0.4 is 20.1 Å². The van der Waals surface area contributed by atoms with Gasteiger partial charge in [-0.2, -0.15) is 0 Å². The second kappa shape index (κ2) is 8.32. The van der Waals surface area contributed by atoms with Crippen molar-refractivity contribution in [3.8, 4) is 22.1 Å². The standard InChI is InChI=1S/C24H19N3O4S/c1-14-2-8-18-21(10-14)32-24(27-18)15-3-6-17(7-4-15)26-22(28)12-25-23(29)16-5-9-19-20(11-16)31-13-30-19/h2-11H,12-13H2,1H3,(H,25,29)(H,26,28). The largest absolute Gasteiger partial charge is 0.454 e. The first-order valence-corrected chi connectivity index (χ1v) is 10.8. The Bertz CT molecular complexity index is 1330. The highest BCUT2D eigenvalue weighted by atomic mass is 32.1. The fraction of sp³-hybridized carbons (Fsp3) is 0.125. The number of aryl methyl sites for hydroxylation is 1. The molecular weight excluding hydrogens is 426 g/mol. The fourth-order valence-corrected chi connectivity index (χ4v) is 4.43. The maximum absolute atomic E-state index is 12.3. The molecule has 0 spiro atoms. The molecule has 2 N–H and O–H groups in total. The number of rotatable bonds is 5. The molecule has 0 saturated carbocycles. The number of nitrogens with one attached hydrogen (secondary N) is 2. The molecule has 5 rings (SSSR count). The van der Waals surface area contributed by atoms with E-state index in [1.54, 1.807) is 29.5 Å². The molecule has 160 valence electrons. The van der Waals surface area contributed by atoms with Gasteiger partial charge < -0.3 is 20.1 Å². The molecule has 4 aromatic rings. The molecule has 0 radical (unpaired) electrons. The summed E-state index contributed by atoms with van der Waals surface area (Å²) in [6.45, 7) is 2.06. The van der Waals surface area contributed by atoms with Crippen LogP contribution in [0.15, 0.2) is 60.7 Å². The smallest absolute Gasteiger partial charge is 0.251 e. The van der Waals surface area contributed by atoms with Gasteiger partial charge in [0.1, 0.15) is 5.01 Å². The minimum Gasteiger partial charge on any atom is -0.454 e. The van der Waals surface area contributed by atoms with Crippen molar-refractivity contribution in [3.05, 3.63) is 71.8 Å². The van der Waals surface area contributed by atoms with Crippen LogP contribution in [0.1, 0.15) is 15.9 Å². The molecule has 2 heterocycles. The summed E-state index contributed by atoms with van der Waals surface area (Å²) in [5.74, 6) is 0.441. The molecule has 1 aromatic heterocycles. The van der Waals surface area contributed by atoms with Crippen LogP contribution >= 0.6 is 11.3 Å². The predicted octanol–water partition coefficient (Wildman–Crippen LogP) is 4.37. The van der Waals surface area contributed by atoms with Gasteiger partial charge in [-0.25, -0.2) is 4.98 Å². The third-order valence-electron chi connectivity index (χ3n) is 5.00. The summed E-state index contributed by atoms with van der Waals surface area (Å²) in [7, 11) is 0. The Morgan fingerprint density at radius 3 is 2.66 bits per heavy atom. The molecule has 1 aliphatic heterocycles. The lowest BCUT2D eigenvalue weighted by atomic mass is 10.2. The molecule has 32 heavy (non-hydrogen) atoms. The van der Waals surface area contributed by atoms with E-state index < -0.39 is 0 Å².